The summed E-state index contributed by atoms with van der Waals surface area (Å²) in [5.74, 6) is 0.991. The molecule has 1 heterocycles. The maximum absolute atomic E-state index is 5.63. The predicted molar refractivity (Wildman–Crippen MR) is 115 cm³/mol. The van der Waals surface area contributed by atoms with E-state index in [9.17, 15) is 0 Å². The smallest absolute Gasteiger partial charge is 0.119 e. The van der Waals surface area contributed by atoms with Crippen molar-refractivity contribution in [3.63, 3.8) is 0 Å². The molecule has 1 aromatic carbocycles. The second kappa shape index (κ2) is 7.85. The highest BCUT2D eigenvalue weighted by Crippen LogP contribution is 2.54. The van der Waals surface area contributed by atoms with Gasteiger partial charge in [-0.05, 0) is 75.8 Å². The van der Waals surface area contributed by atoms with Crippen LogP contribution >= 0.6 is 0 Å². The quantitative estimate of drug-likeness (QED) is 0.420. The largest absolute Gasteiger partial charge is 0.497 e. The summed E-state index contributed by atoms with van der Waals surface area (Å²) in [5.41, 5.74) is 4.44. The molecule has 3 rings (SSSR count). The van der Waals surface area contributed by atoms with Gasteiger partial charge in [-0.1, -0.05) is 39.0 Å². The van der Waals surface area contributed by atoms with E-state index in [1.54, 1.807) is 7.11 Å². The molecular weight excluding hydrogens is 332 g/mol. The molecule has 0 radical (unpaired) electrons. The Hall–Kier alpha value is -1.51. The van der Waals surface area contributed by atoms with E-state index in [1.165, 1.54) is 61.6 Å². The van der Waals surface area contributed by atoms with Gasteiger partial charge >= 0.3 is 0 Å². The van der Waals surface area contributed by atoms with Crippen LogP contribution in [0.3, 0.4) is 0 Å². The maximum Gasteiger partial charge on any atom is 0.119 e. The summed E-state index contributed by atoms with van der Waals surface area (Å²) in [7, 11) is 1.78. The second-order valence-corrected chi connectivity index (χ2v) is 9.24. The van der Waals surface area contributed by atoms with Gasteiger partial charge < -0.3 is 9.64 Å². The molecule has 1 unspecified atom stereocenters. The van der Waals surface area contributed by atoms with Crippen LogP contribution in [0.4, 0.5) is 0 Å². The van der Waals surface area contributed by atoms with Gasteiger partial charge in [0.05, 0.1) is 30.6 Å². The van der Waals surface area contributed by atoms with Crippen molar-refractivity contribution in [1.82, 2.24) is 4.90 Å². The van der Waals surface area contributed by atoms with Crippen LogP contribution in [0.15, 0.2) is 17.1 Å². The van der Waals surface area contributed by atoms with Crippen molar-refractivity contribution in [3.05, 3.63) is 28.8 Å². The minimum atomic E-state index is 0.00704. The number of nitrogens with zero attached hydrogens (tertiary/aromatic N) is 2. The molecule has 0 bridgehead atoms. The summed E-state index contributed by atoms with van der Waals surface area (Å²) in [4.78, 5) is 7.69. The van der Waals surface area contributed by atoms with Crippen LogP contribution < -0.4 is 4.74 Å². The lowest BCUT2D eigenvalue weighted by atomic mass is 9.76. The van der Waals surface area contributed by atoms with E-state index in [2.05, 4.69) is 58.0 Å². The summed E-state index contributed by atoms with van der Waals surface area (Å²) in [6.45, 7) is 11.4. The maximum atomic E-state index is 5.63. The van der Waals surface area contributed by atoms with Crippen LogP contribution in [0.1, 0.15) is 102 Å². The number of fused-ring (bicyclic) bond motifs is 2. The Morgan fingerprint density at radius 3 is 2.59 bits per heavy atom. The lowest BCUT2D eigenvalue weighted by molar-refractivity contribution is 0.114. The molecular formula is C24H38N2O. The molecule has 2 aliphatic rings. The first kappa shape index (κ1) is 20.2. The molecule has 0 N–H and O–H groups in total. The van der Waals surface area contributed by atoms with Gasteiger partial charge in [-0.3, -0.25) is 4.99 Å². The summed E-state index contributed by atoms with van der Waals surface area (Å²) in [5, 5.41) is 0. The van der Waals surface area contributed by atoms with Crippen LogP contribution in [-0.2, 0) is 5.54 Å². The van der Waals surface area contributed by atoms with E-state index >= 15 is 0 Å². The molecule has 0 amide bonds. The number of benzene rings is 1. The SMILES string of the molecule is CCCCC(C)(C)N=CN1C(C)c2c(C)cc(OC)cc2C12CCCCC2. The van der Waals surface area contributed by atoms with Crippen LogP contribution in [0.2, 0.25) is 0 Å². The Balaban J connectivity index is 2.02. The number of aryl methyl sites for hydroxylation is 1. The molecule has 1 aliphatic heterocycles. The first-order valence-electron chi connectivity index (χ1n) is 10.9. The molecule has 1 aliphatic carbocycles. The summed E-state index contributed by atoms with van der Waals surface area (Å²) < 4.78 is 5.63. The highest BCUT2D eigenvalue weighted by Gasteiger charge is 2.49. The first-order valence-corrected chi connectivity index (χ1v) is 10.9. The minimum Gasteiger partial charge on any atom is -0.497 e. The fraction of sp³-hybridized carbons (Fsp3) is 0.708. The fourth-order valence-electron chi connectivity index (χ4n) is 5.24. The van der Waals surface area contributed by atoms with Crippen molar-refractivity contribution >= 4 is 6.34 Å². The van der Waals surface area contributed by atoms with Crippen LogP contribution in [0.5, 0.6) is 5.75 Å². The number of methoxy groups -OCH3 is 1. The molecule has 1 spiro atoms. The highest BCUT2D eigenvalue weighted by molar-refractivity contribution is 5.64. The van der Waals surface area contributed by atoms with E-state index in [-0.39, 0.29) is 11.1 Å². The van der Waals surface area contributed by atoms with Crippen LogP contribution in [-0.4, -0.2) is 23.9 Å². The minimum absolute atomic E-state index is 0.00704. The van der Waals surface area contributed by atoms with Crippen molar-refractivity contribution in [2.45, 2.75) is 103 Å². The van der Waals surface area contributed by atoms with Crippen molar-refractivity contribution < 1.29 is 4.74 Å². The second-order valence-electron chi connectivity index (χ2n) is 9.24. The van der Waals surface area contributed by atoms with Crippen LogP contribution in [0.25, 0.3) is 0 Å². The van der Waals surface area contributed by atoms with Gasteiger partial charge in [-0.2, -0.15) is 0 Å². The Morgan fingerprint density at radius 2 is 1.96 bits per heavy atom. The molecule has 27 heavy (non-hydrogen) atoms. The van der Waals surface area contributed by atoms with E-state index in [0.717, 1.165) is 12.2 Å². The zero-order chi connectivity index (χ0) is 19.7. The lowest BCUT2D eigenvalue weighted by Gasteiger charge is -2.43. The highest BCUT2D eigenvalue weighted by atomic mass is 16.5. The third-order valence-electron chi connectivity index (χ3n) is 6.78. The zero-order valence-corrected chi connectivity index (χ0v) is 18.3. The standard InChI is InChI=1S/C24H38N2O/c1-7-8-12-23(4,5)25-17-26-19(3)22-18(2)15-20(27-6)16-21(22)24(26)13-10-9-11-14-24/h15-17,19H,7-14H2,1-6H3. The normalized spacial score (nSPS) is 21.9. The average molecular weight is 371 g/mol. The van der Waals surface area contributed by atoms with Gasteiger partial charge in [-0.15, -0.1) is 0 Å². The molecule has 3 nitrogen and oxygen atoms in total. The average Bonchev–Trinajstić information content (AvgIpc) is 2.87. The van der Waals surface area contributed by atoms with Gasteiger partial charge in [0.25, 0.3) is 0 Å². The Kier molecular flexibility index (Phi) is 5.88. The molecule has 1 atom stereocenters. The van der Waals surface area contributed by atoms with Crippen molar-refractivity contribution in [2.24, 2.45) is 4.99 Å². The number of hydrogen-bond acceptors (Lipinski definition) is 2. The topological polar surface area (TPSA) is 24.8 Å². The summed E-state index contributed by atoms with van der Waals surface area (Å²) in [6, 6.07) is 4.87. The molecule has 150 valence electrons. The Labute approximate surface area is 166 Å². The van der Waals surface area contributed by atoms with Gasteiger partial charge in [-0.25, -0.2) is 0 Å². The van der Waals surface area contributed by atoms with Crippen molar-refractivity contribution in [2.75, 3.05) is 7.11 Å². The number of ether oxygens (including phenoxy) is 1. The lowest BCUT2D eigenvalue weighted by Crippen LogP contribution is -2.43. The Morgan fingerprint density at radius 1 is 1.26 bits per heavy atom. The van der Waals surface area contributed by atoms with Gasteiger partial charge in [0.2, 0.25) is 0 Å². The van der Waals surface area contributed by atoms with Crippen molar-refractivity contribution in [1.29, 1.82) is 0 Å². The zero-order valence-electron chi connectivity index (χ0n) is 18.3. The fourth-order valence-corrected chi connectivity index (χ4v) is 5.24. The van der Waals surface area contributed by atoms with Gasteiger partial charge in [0.15, 0.2) is 0 Å². The van der Waals surface area contributed by atoms with E-state index < -0.39 is 0 Å². The van der Waals surface area contributed by atoms with Crippen LogP contribution in [0, 0.1) is 6.92 Å². The summed E-state index contributed by atoms with van der Waals surface area (Å²) >= 11 is 0. The molecule has 1 fully saturated rings. The van der Waals surface area contributed by atoms with Gasteiger partial charge in [0.1, 0.15) is 5.75 Å². The van der Waals surface area contributed by atoms with E-state index in [0.29, 0.717) is 6.04 Å². The molecule has 3 heteroatoms. The third kappa shape index (κ3) is 3.75. The van der Waals surface area contributed by atoms with Gasteiger partial charge in [0, 0.05) is 0 Å². The number of rotatable bonds is 6. The van der Waals surface area contributed by atoms with Crippen molar-refractivity contribution in [3.8, 4) is 5.75 Å². The monoisotopic (exact) mass is 370 g/mol. The summed E-state index contributed by atoms with van der Waals surface area (Å²) in [6.07, 6.45) is 12.2. The molecule has 0 aromatic heterocycles. The first-order chi connectivity index (χ1) is 12.8. The number of hydrogen-bond donors (Lipinski definition) is 0. The van der Waals surface area contributed by atoms with E-state index in [4.69, 9.17) is 9.73 Å². The third-order valence-corrected chi connectivity index (χ3v) is 6.78. The molecule has 0 saturated heterocycles. The Bertz CT molecular complexity index is 686. The van der Waals surface area contributed by atoms with E-state index in [1.807, 2.05) is 0 Å². The number of aliphatic imine (C=N–C) groups is 1. The molecule has 1 saturated carbocycles. The molecule has 1 aromatic rings. The number of unbranched alkanes of at least 4 members (excludes halogenated alkanes) is 1. The predicted octanol–water partition coefficient (Wildman–Crippen LogP) is 6.54.